The van der Waals surface area contributed by atoms with Crippen molar-refractivity contribution in [2.75, 3.05) is 13.2 Å². The van der Waals surface area contributed by atoms with Gasteiger partial charge in [0.15, 0.2) is 12.6 Å². The molecule has 154 valence electrons. The first kappa shape index (κ1) is 21.9. The molecule has 4 N–H and O–H groups in total. The molecule has 0 bridgehead atoms. The zero-order valence-electron chi connectivity index (χ0n) is 16.8. The van der Waals surface area contributed by atoms with E-state index in [4.69, 9.17) is 10.1 Å². The molecule has 0 aliphatic rings. The van der Waals surface area contributed by atoms with Crippen LogP contribution in [0.25, 0.3) is 0 Å². The molecule has 2 aromatic carbocycles. The summed E-state index contributed by atoms with van der Waals surface area (Å²) in [7, 11) is 0. The molecule has 0 aromatic heterocycles. The van der Waals surface area contributed by atoms with E-state index in [0.29, 0.717) is 24.6 Å². The van der Waals surface area contributed by atoms with Crippen LogP contribution < -0.4 is 20.7 Å². The van der Waals surface area contributed by atoms with E-state index in [1.165, 1.54) is 0 Å². The third-order valence-electron chi connectivity index (χ3n) is 3.98. The minimum atomic E-state index is -0.681. The number of carbonyl (C=O) groups is 2. The molecule has 0 unspecified atom stereocenters. The normalized spacial score (nSPS) is 11.4. The molecule has 2 aromatic rings. The summed E-state index contributed by atoms with van der Waals surface area (Å²) in [6, 6.07) is 17.8. The summed E-state index contributed by atoms with van der Waals surface area (Å²) in [5.74, 6) is -0.0652. The second-order valence-electron chi connectivity index (χ2n) is 7.05. The highest BCUT2D eigenvalue weighted by molar-refractivity contribution is 5.98. The van der Waals surface area contributed by atoms with Crippen molar-refractivity contribution < 1.29 is 14.3 Å². The molecule has 0 saturated carbocycles. The first-order chi connectivity index (χ1) is 13.9. The van der Waals surface area contributed by atoms with E-state index < -0.39 is 11.9 Å². The molecule has 0 heterocycles. The van der Waals surface area contributed by atoms with Crippen molar-refractivity contribution in [3.8, 4) is 5.75 Å². The lowest BCUT2D eigenvalue weighted by atomic mass is 10.1. The fraction of sp³-hybridized carbons (Fsp3) is 0.318. The Labute approximate surface area is 171 Å². The minimum Gasteiger partial charge on any atom is -0.484 e. The highest BCUT2D eigenvalue weighted by atomic mass is 16.5. The van der Waals surface area contributed by atoms with Crippen LogP contribution in [0.15, 0.2) is 60.7 Å². The third kappa shape index (κ3) is 8.47. The minimum absolute atomic E-state index is 0.220. The fourth-order valence-electron chi connectivity index (χ4n) is 2.54. The summed E-state index contributed by atoms with van der Waals surface area (Å²) < 4.78 is 5.37. The van der Waals surface area contributed by atoms with Gasteiger partial charge >= 0.3 is 0 Å². The van der Waals surface area contributed by atoms with Crippen LogP contribution in [0.3, 0.4) is 0 Å². The molecule has 0 saturated heterocycles. The largest absolute Gasteiger partial charge is 0.484 e. The predicted octanol–water partition coefficient (Wildman–Crippen LogP) is 2.09. The Balaban J connectivity index is 1.90. The van der Waals surface area contributed by atoms with E-state index in [1.807, 2.05) is 50.2 Å². The number of hydrogen-bond acceptors (Lipinski definition) is 4. The Kier molecular flexibility index (Phi) is 8.69. The first-order valence-electron chi connectivity index (χ1n) is 9.58. The van der Waals surface area contributed by atoms with Crippen LogP contribution in [0.5, 0.6) is 5.75 Å². The van der Waals surface area contributed by atoms with Crippen molar-refractivity contribution in [2.24, 2.45) is 5.92 Å². The SMILES string of the molecule is CC(C)CNC(=O)[C@@H](Cc1ccccc1)NC(=N)NC(=O)COc1ccccc1. The van der Waals surface area contributed by atoms with Gasteiger partial charge in [-0.3, -0.25) is 20.3 Å². The van der Waals surface area contributed by atoms with Crippen LogP contribution in [0.2, 0.25) is 0 Å². The number of carbonyl (C=O) groups excluding carboxylic acids is 2. The van der Waals surface area contributed by atoms with Gasteiger partial charge in [0.25, 0.3) is 5.91 Å². The molecule has 29 heavy (non-hydrogen) atoms. The molecule has 0 radical (unpaired) electrons. The number of hydrogen-bond donors (Lipinski definition) is 4. The lowest BCUT2D eigenvalue weighted by molar-refractivity contribution is -0.123. The third-order valence-corrected chi connectivity index (χ3v) is 3.98. The van der Waals surface area contributed by atoms with Crippen molar-refractivity contribution >= 4 is 17.8 Å². The van der Waals surface area contributed by atoms with Crippen LogP contribution in [-0.4, -0.2) is 37.0 Å². The van der Waals surface area contributed by atoms with Crippen LogP contribution in [-0.2, 0) is 16.0 Å². The fourth-order valence-corrected chi connectivity index (χ4v) is 2.54. The zero-order valence-corrected chi connectivity index (χ0v) is 16.8. The van der Waals surface area contributed by atoms with Crippen LogP contribution in [0.4, 0.5) is 0 Å². The maximum absolute atomic E-state index is 12.6. The van der Waals surface area contributed by atoms with E-state index >= 15 is 0 Å². The van der Waals surface area contributed by atoms with E-state index in [1.54, 1.807) is 24.3 Å². The monoisotopic (exact) mass is 396 g/mol. The van der Waals surface area contributed by atoms with Crippen molar-refractivity contribution in [2.45, 2.75) is 26.3 Å². The Morgan fingerprint density at radius 1 is 1.00 bits per heavy atom. The lowest BCUT2D eigenvalue weighted by Gasteiger charge is -2.21. The van der Waals surface area contributed by atoms with Gasteiger partial charge < -0.3 is 15.4 Å². The highest BCUT2D eigenvalue weighted by Crippen LogP contribution is 2.07. The quantitative estimate of drug-likeness (QED) is 0.385. The van der Waals surface area contributed by atoms with Gasteiger partial charge in [0.1, 0.15) is 11.8 Å². The number of rotatable bonds is 9. The van der Waals surface area contributed by atoms with Crippen LogP contribution in [0.1, 0.15) is 19.4 Å². The van der Waals surface area contributed by atoms with Gasteiger partial charge in [-0.15, -0.1) is 0 Å². The van der Waals surface area contributed by atoms with Crippen molar-refractivity contribution in [3.63, 3.8) is 0 Å². The number of benzene rings is 2. The molecular formula is C22H28N4O3. The number of guanidine groups is 1. The standard InChI is InChI=1S/C22H28N4O3/c1-16(2)14-24-21(28)19(13-17-9-5-3-6-10-17)25-22(23)26-20(27)15-29-18-11-7-4-8-12-18/h3-12,16,19H,13-15H2,1-2H3,(H,24,28)(H3,23,25,26,27)/t19-/m1/s1. The van der Waals surface area contributed by atoms with Gasteiger partial charge in [-0.2, -0.15) is 0 Å². The van der Waals surface area contributed by atoms with Crippen LogP contribution >= 0.6 is 0 Å². The molecule has 0 spiro atoms. The lowest BCUT2D eigenvalue weighted by Crippen LogP contribution is -2.53. The summed E-state index contributed by atoms with van der Waals surface area (Å²) in [4.78, 5) is 24.6. The number of para-hydroxylation sites is 1. The van der Waals surface area contributed by atoms with Gasteiger partial charge in [0.2, 0.25) is 5.91 Å². The van der Waals surface area contributed by atoms with Crippen molar-refractivity contribution in [1.29, 1.82) is 5.41 Å². The molecule has 0 fully saturated rings. The Bertz CT molecular complexity index is 794. The smallest absolute Gasteiger partial charge is 0.264 e. The molecule has 7 heteroatoms. The Morgan fingerprint density at radius 2 is 1.62 bits per heavy atom. The first-order valence-corrected chi connectivity index (χ1v) is 9.58. The number of ether oxygens (including phenoxy) is 1. The summed E-state index contributed by atoms with van der Waals surface area (Å²) >= 11 is 0. The second-order valence-corrected chi connectivity index (χ2v) is 7.05. The Hall–Kier alpha value is -3.35. The molecular weight excluding hydrogens is 368 g/mol. The molecule has 2 amide bonds. The van der Waals surface area contributed by atoms with Gasteiger partial charge in [-0.1, -0.05) is 62.4 Å². The van der Waals surface area contributed by atoms with Crippen molar-refractivity contribution in [3.05, 3.63) is 66.2 Å². The summed E-state index contributed by atoms with van der Waals surface area (Å²) in [6.07, 6.45) is 0.392. The summed E-state index contributed by atoms with van der Waals surface area (Å²) in [5.41, 5.74) is 0.955. The second kappa shape index (κ2) is 11.5. The summed E-state index contributed by atoms with van der Waals surface area (Å²) in [6.45, 7) is 4.33. The van der Waals surface area contributed by atoms with Crippen LogP contribution in [0, 0.1) is 11.3 Å². The average Bonchev–Trinajstić information content (AvgIpc) is 2.71. The summed E-state index contributed by atoms with van der Waals surface area (Å²) in [5, 5.41) is 16.1. The predicted molar refractivity (Wildman–Crippen MR) is 113 cm³/mol. The maximum Gasteiger partial charge on any atom is 0.264 e. The molecule has 0 aliphatic carbocycles. The van der Waals surface area contributed by atoms with Gasteiger partial charge in [-0.25, -0.2) is 0 Å². The van der Waals surface area contributed by atoms with Gasteiger partial charge in [0.05, 0.1) is 0 Å². The maximum atomic E-state index is 12.6. The Morgan fingerprint density at radius 3 is 2.24 bits per heavy atom. The number of amides is 2. The van der Waals surface area contributed by atoms with Gasteiger partial charge in [0, 0.05) is 13.0 Å². The highest BCUT2D eigenvalue weighted by Gasteiger charge is 2.21. The van der Waals surface area contributed by atoms with E-state index in [-0.39, 0.29) is 18.5 Å². The van der Waals surface area contributed by atoms with Crippen molar-refractivity contribution in [1.82, 2.24) is 16.0 Å². The van der Waals surface area contributed by atoms with Gasteiger partial charge in [-0.05, 0) is 23.6 Å². The molecule has 7 nitrogen and oxygen atoms in total. The number of nitrogens with one attached hydrogen (secondary N) is 4. The van der Waals surface area contributed by atoms with E-state index in [2.05, 4.69) is 16.0 Å². The zero-order chi connectivity index (χ0) is 21.1. The molecule has 2 rings (SSSR count). The molecule has 1 atom stereocenters. The van der Waals surface area contributed by atoms with E-state index in [0.717, 1.165) is 5.56 Å². The average molecular weight is 396 g/mol. The topological polar surface area (TPSA) is 103 Å². The van der Waals surface area contributed by atoms with E-state index in [9.17, 15) is 9.59 Å². The molecule has 0 aliphatic heterocycles.